The number of allylic oxidation sites excluding steroid dienone is 1. The van der Waals surface area contributed by atoms with Crippen LogP contribution in [0.25, 0.3) is 6.08 Å². The van der Waals surface area contributed by atoms with Gasteiger partial charge in [-0.15, -0.1) is 0 Å². The first kappa shape index (κ1) is 17.6. The summed E-state index contributed by atoms with van der Waals surface area (Å²) in [4.78, 5) is 16.7. The van der Waals surface area contributed by atoms with Crippen LogP contribution in [0.15, 0.2) is 34.8 Å². The van der Waals surface area contributed by atoms with Crippen molar-refractivity contribution in [3.8, 4) is 0 Å². The van der Waals surface area contributed by atoms with E-state index < -0.39 is 0 Å². The van der Waals surface area contributed by atoms with E-state index in [1.807, 2.05) is 4.90 Å². The minimum atomic E-state index is 0.298. The number of halogens is 1. The molecule has 2 aliphatic rings. The molecule has 1 aromatic rings. The summed E-state index contributed by atoms with van der Waals surface area (Å²) >= 11 is 3.46. The molecule has 0 aliphatic carbocycles. The fourth-order valence-electron chi connectivity index (χ4n) is 3.32. The molecule has 1 amide bonds. The molecule has 0 radical (unpaired) electrons. The van der Waals surface area contributed by atoms with Crippen LogP contribution in [0.3, 0.4) is 0 Å². The van der Waals surface area contributed by atoms with Crippen molar-refractivity contribution in [2.24, 2.45) is 5.92 Å². The number of nitrogens with zero attached hydrogens (tertiary/aromatic N) is 2. The highest BCUT2D eigenvalue weighted by Crippen LogP contribution is 2.20. The first-order valence-corrected chi connectivity index (χ1v) is 9.64. The van der Waals surface area contributed by atoms with Crippen molar-refractivity contribution in [3.05, 3.63) is 40.4 Å². The van der Waals surface area contributed by atoms with E-state index in [0.717, 1.165) is 56.6 Å². The molecule has 3 rings (SSSR count). The number of rotatable bonds is 4. The Morgan fingerprint density at radius 1 is 1.12 bits per heavy atom. The van der Waals surface area contributed by atoms with Gasteiger partial charge in [0.1, 0.15) is 0 Å². The van der Waals surface area contributed by atoms with Crippen LogP contribution in [0.2, 0.25) is 0 Å². The van der Waals surface area contributed by atoms with Gasteiger partial charge in [0.25, 0.3) is 0 Å². The van der Waals surface area contributed by atoms with Crippen LogP contribution in [-0.2, 0) is 4.79 Å². The summed E-state index contributed by atoms with van der Waals surface area (Å²) in [6.45, 7) is 6.32. The van der Waals surface area contributed by atoms with E-state index in [-0.39, 0.29) is 0 Å². The highest BCUT2D eigenvalue weighted by atomic mass is 79.9. The lowest BCUT2D eigenvalue weighted by Crippen LogP contribution is -2.49. The van der Waals surface area contributed by atoms with Crippen LogP contribution in [-0.4, -0.2) is 61.5 Å². The van der Waals surface area contributed by atoms with E-state index >= 15 is 0 Å². The molecule has 2 fully saturated rings. The van der Waals surface area contributed by atoms with Gasteiger partial charge in [-0.25, -0.2) is 0 Å². The Morgan fingerprint density at radius 3 is 2.46 bits per heavy atom. The van der Waals surface area contributed by atoms with Crippen LogP contribution in [0.5, 0.6) is 0 Å². The second-order valence-corrected chi connectivity index (χ2v) is 7.57. The first-order chi connectivity index (χ1) is 11.7. The van der Waals surface area contributed by atoms with Gasteiger partial charge in [0.05, 0.1) is 6.54 Å². The topological polar surface area (TPSA) is 35.6 Å². The maximum Gasteiger partial charge on any atom is 0.236 e. The fraction of sp³-hybridized carbons (Fsp3) is 0.526. The van der Waals surface area contributed by atoms with E-state index in [2.05, 4.69) is 62.6 Å². The van der Waals surface area contributed by atoms with Crippen LogP contribution in [0.1, 0.15) is 18.4 Å². The molecule has 2 saturated heterocycles. The third-order valence-corrected chi connectivity index (χ3v) is 5.42. The third-order valence-electron chi connectivity index (χ3n) is 4.89. The Labute approximate surface area is 153 Å². The fourth-order valence-corrected chi connectivity index (χ4v) is 3.59. The minimum absolute atomic E-state index is 0.298. The molecular formula is C19H26BrN3O. The second kappa shape index (κ2) is 8.79. The zero-order chi connectivity index (χ0) is 16.8. The largest absolute Gasteiger partial charge is 0.342 e. The third kappa shape index (κ3) is 5.16. The Hall–Kier alpha value is -1.17. The Balaban J connectivity index is 1.43. The molecule has 2 aliphatic heterocycles. The normalized spacial score (nSPS) is 20.6. The number of carbonyl (C=O) groups excluding carboxylic acids is 1. The highest BCUT2D eigenvalue weighted by molar-refractivity contribution is 9.10. The molecule has 0 spiro atoms. The van der Waals surface area contributed by atoms with Crippen LogP contribution >= 0.6 is 15.9 Å². The van der Waals surface area contributed by atoms with Gasteiger partial charge in [0.15, 0.2) is 0 Å². The summed E-state index contributed by atoms with van der Waals surface area (Å²) in [6, 6.07) is 8.37. The highest BCUT2D eigenvalue weighted by Gasteiger charge is 2.23. The zero-order valence-electron chi connectivity index (χ0n) is 14.1. The van der Waals surface area contributed by atoms with Crippen molar-refractivity contribution in [1.29, 1.82) is 0 Å². The number of hydrogen-bond donors (Lipinski definition) is 1. The molecule has 130 valence electrons. The van der Waals surface area contributed by atoms with Crippen molar-refractivity contribution in [3.63, 3.8) is 0 Å². The lowest BCUT2D eigenvalue weighted by molar-refractivity contribution is -0.133. The number of hydrogen-bond acceptors (Lipinski definition) is 3. The van der Waals surface area contributed by atoms with E-state index in [1.54, 1.807) is 0 Å². The smallest absolute Gasteiger partial charge is 0.236 e. The van der Waals surface area contributed by atoms with Gasteiger partial charge in [-0.05, 0) is 36.5 Å². The molecule has 0 aromatic heterocycles. The van der Waals surface area contributed by atoms with Gasteiger partial charge in [-0.2, -0.15) is 0 Å². The van der Waals surface area contributed by atoms with Crippen molar-refractivity contribution < 1.29 is 4.79 Å². The van der Waals surface area contributed by atoms with Gasteiger partial charge in [-0.3, -0.25) is 9.69 Å². The Bertz CT molecular complexity index is 558. The van der Waals surface area contributed by atoms with E-state index in [4.69, 9.17) is 0 Å². The molecule has 0 saturated carbocycles. The summed E-state index contributed by atoms with van der Waals surface area (Å²) < 4.78 is 1.11. The van der Waals surface area contributed by atoms with Crippen molar-refractivity contribution in [2.45, 2.75) is 12.8 Å². The molecule has 0 unspecified atom stereocenters. The summed E-state index contributed by atoms with van der Waals surface area (Å²) in [7, 11) is 0. The molecule has 24 heavy (non-hydrogen) atoms. The molecule has 0 bridgehead atoms. The van der Waals surface area contributed by atoms with E-state index in [9.17, 15) is 4.79 Å². The van der Waals surface area contributed by atoms with Crippen molar-refractivity contribution in [2.75, 3.05) is 45.8 Å². The molecular weight excluding hydrogens is 366 g/mol. The van der Waals surface area contributed by atoms with Crippen LogP contribution < -0.4 is 5.32 Å². The number of carbonyl (C=O) groups is 1. The predicted molar refractivity (Wildman–Crippen MR) is 102 cm³/mol. The molecule has 2 heterocycles. The average molecular weight is 392 g/mol. The number of amides is 1. The Kier molecular flexibility index (Phi) is 6.46. The number of piperidine rings is 1. The van der Waals surface area contributed by atoms with E-state index in [1.165, 1.54) is 5.56 Å². The SMILES string of the molecule is O=C(CN1CCNCC1)N1CCC(C=Cc2ccc(Br)cc2)CC1. The van der Waals surface area contributed by atoms with Gasteiger partial charge < -0.3 is 10.2 Å². The summed E-state index contributed by atoms with van der Waals surface area (Å²) in [5.74, 6) is 0.879. The van der Waals surface area contributed by atoms with Gasteiger partial charge in [0.2, 0.25) is 5.91 Å². The lowest BCUT2D eigenvalue weighted by atomic mass is 9.95. The van der Waals surface area contributed by atoms with Gasteiger partial charge >= 0.3 is 0 Å². The first-order valence-electron chi connectivity index (χ1n) is 8.85. The maximum absolute atomic E-state index is 12.4. The zero-order valence-corrected chi connectivity index (χ0v) is 15.7. The maximum atomic E-state index is 12.4. The summed E-state index contributed by atoms with van der Waals surface area (Å²) in [5.41, 5.74) is 1.23. The summed E-state index contributed by atoms with van der Waals surface area (Å²) in [6.07, 6.45) is 6.65. The molecule has 0 atom stereocenters. The van der Waals surface area contributed by atoms with Gasteiger partial charge in [-0.1, -0.05) is 40.2 Å². The number of piperazine rings is 1. The van der Waals surface area contributed by atoms with Crippen LogP contribution in [0.4, 0.5) is 0 Å². The van der Waals surface area contributed by atoms with Crippen molar-refractivity contribution in [1.82, 2.24) is 15.1 Å². The molecule has 5 heteroatoms. The number of nitrogens with one attached hydrogen (secondary N) is 1. The average Bonchev–Trinajstić information content (AvgIpc) is 2.62. The number of benzene rings is 1. The standard InChI is InChI=1S/C19H26BrN3O/c20-18-5-3-16(4-6-18)1-2-17-7-11-23(12-8-17)19(24)15-22-13-9-21-10-14-22/h1-6,17,21H,7-15H2. The lowest BCUT2D eigenvalue weighted by Gasteiger charge is -2.33. The van der Waals surface area contributed by atoms with E-state index in [0.29, 0.717) is 18.4 Å². The molecule has 1 aromatic carbocycles. The predicted octanol–water partition coefficient (Wildman–Crippen LogP) is 2.61. The number of likely N-dealkylation sites (tertiary alicyclic amines) is 1. The quantitative estimate of drug-likeness (QED) is 0.856. The van der Waals surface area contributed by atoms with Crippen LogP contribution in [0, 0.1) is 5.92 Å². The van der Waals surface area contributed by atoms with Crippen molar-refractivity contribution >= 4 is 27.9 Å². The Morgan fingerprint density at radius 2 is 1.79 bits per heavy atom. The monoisotopic (exact) mass is 391 g/mol. The van der Waals surface area contributed by atoms with Gasteiger partial charge in [0, 0.05) is 43.7 Å². The molecule has 1 N–H and O–H groups in total. The second-order valence-electron chi connectivity index (χ2n) is 6.66. The minimum Gasteiger partial charge on any atom is -0.342 e. The summed E-state index contributed by atoms with van der Waals surface area (Å²) in [5, 5.41) is 3.33. The molecule has 4 nitrogen and oxygen atoms in total.